The van der Waals surface area contributed by atoms with E-state index in [9.17, 15) is 17.6 Å². The Kier molecular flexibility index (Phi) is 11.4. The molecule has 5 rings (SSSR count). The fourth-order valence-corrected chi connectivity index (χ4v) is 5.22. The zero-order valence-electron chi connectivity index (χ0n) is 24.2. The van der Waals surface area contributed by atoms with E-state index < -0.39 is 35.5 Å². The molecule has 0 saturated carbocycles. The monoisotopic (exact) mass is 609 g/mol. The van der Waals surface area contributed by atoms with Gasteiger partial charge in [-0.05, 0) is 59.7 Å². The molecule has 0 radical (unpaired) electrons. The summed E-state index contributed by atoms with van der Waals surface area (Å²) in [7, 11) is 0. The SMILES string of the molecule is Fc1ccc(F)c(CO[C@H]2CNC[C@@H](OCc3cc(F)ccc3F)C2c2ccc(OCCCOCc3ccccc3)cc2)c1. The largest absolute Gasteiger partial charge is 0.494 e. The molecule has 1 aliphatic heterocycles. The van der Waals surface area contributed by atoms with E-state index in [-0.39, 0.29) is 30.3 Å². The summed E-state index contributed by atoms with van der Waals surface area (Å²) in [6.07, 6.45) is -0.244. The van der Waals surface area contributed by atoms with E-state index in [2.05, 4.69) is 5.32 Å². The average molecular weight is 610 g/mol. The highest BCUT2D eigenvalue weighted by Gasteiger charge is 2.36. The molecule has 0 bridgehead atoms. The quantitative estimate of drug-likeness (QED) is 0.122. The molecule has 5 nitrogen and oxygen atoms in total. The number of nitrogens with one attached hydrogen (secondary N) is 1. The van der Waals surface area contributed by atoms with E-state index in [1.54, 1.807) is 0 Å². The predicted octanol–water partition coefficient (Wildman–Crippen LogP) is 7.09. The lowest BCUT2D eigenvalue weighted by Crippen LogP contribution is -2.50. The average Bonchev–Trinajstić information content (AvgIpc) is 3.04. The number of piperidine rings is 1. The van der Waals surface area contributed by atoms with E-state index in [0.29, 0.717) is 38.7 Å². The highest BCUT2D eigenvalue weighted by Crippen LogP contribution is 2.33. The first-order valence-electron chi connectivity index (χ1n) is 14.6. The van der Waals surface area contributed by atoms with Gasteiger partial charge in [0, 0.05) is 36.6 Å². The Balaban J connectivity index is 1.23. The van der Waals surface area contributed by atoms with Crippen LogP contribution in [0.1, 0.15) is 34.6 Å². The molecule has 0 amide bonds. The molecule has 9 heteroatoms. The van der Waals surface area contributed by atoms with Gasteiger partial charge in [-0.3, -0.25) is 0 Å². The molecule has 4 aromatic rings. The van der Waals surface area contributed by atoms with Gasteiger partial charge in [0.2, 0.25) is 0 Å². The van der Waals surface area contributed by atoms with Crippen LogP contribution in [0, 0.1) is 23.3 Å². The molecule has 1 aliphatic rings. The number of benzene rings is 4. The predicted molar refractivity (Wildman–Crippen MR) is 158 cm³/mol. The van der Waals surface area contributed by atoms with Gasteiger partial charge in [-0.15, -0.1) is 0 Å². The normalized spacial score (nSPS) is 18.3. The minimum Gasteiger partial charge on any atom is -0.494 e. The minimum atomic E-state index is -0.562. The van der Waals surface area contributed by atoms with Crippen LogP contribution in [0.25, 0.3) is 0 Å². The van der Waals surface area contributed by atoms with Crippen LogP contribution in [0.4, 0.5) is 17.6 Å². The summed E-state index contributed by atoms with van der Waals surface area (Å²) < 4.78 is 80.1. The van der Waals surface area contributed by atoms with E-state index in [1.807, 2.05) is 54.6 Å². The third-order valence-electron chi connectivity index (χ3n) is 7.49. The fourth-order valence-electron chi connectivity index (χ4n) is 5.22. The van der Waals surface area contributed by atoms with Crippen molar-refractivity contribution in [3.8, 4) is 5.75 Å². The number of rotatable bonds is 14. The molecule has 0 aromatic heterocycles. The first-order valence-corrected chi connectivity index (χ1v) is 14.6. The summed E-state index contributed by atoms with van der Waals surface area (Å²) in [5.41, 5.74) is 2.20. The Bertz CT molecular complexity index is 1410. The van der Waals surface area contributed by atoms with Crippen LogP contribution in [0.3, 0.4) is 0 Å². The Morgan fingerprint density at radius 1 is 0.636 bits per heavy atom. The Morgan fingerprint density at radius 3 is 1.82 bits per heavy atom. The second-order valence-corrected chi connectivity index (χ2v) is 10.7. The zero-order chi connectivity index (χ0) is 30.7. The van der Waals surface area contributed by atoms with Gasteiger partial charge in [-0.25, -0.2) is 17.6 Å². The maximum Gasteiger partial charge on any atom is 0.128 e. The molecule has 0 aliphatic carbocycles. The van der Waals surface area contributed by atoms with Crippen LogP contribution >= 0.6 is 0 Å². The van der Waals surface area contributed by atoms with Crippen molar-refractivity contribution in [2.24, 2.45) is 0 Å². The van der Waals surface area contributed by atoms with Gasteiger partial charge in [-0.2, -0.15) is 0 Å². The third kappa shape index (κ3) is 8.89. The first kappa shape index (κ1) is 31.7. The third-order valence-corrected chi connectivity index (χ3v) is 7.49. The lowest BCUT2D eigenvalue weighted by Gasteiger charge is -2.39. The number of ether oxygens (including phenoxy) is 4. The number of halogens is 4. The first-order chi connectivity index (χ1) is 21.5. The molecule has 232 valence electrons. The van der Waals surface area contributed by atoms with Gasteiger partial charge in [0.25, 0.3) is 0 Å². The van der Waals surface area contributed by atoms with E-state index >= 15 is 0 Å². The van der Waals surface area contributed by atoms with Crippen molar-refractivity contribution in [1.29, 1.82) is 0 Å². The van der Waals surface area contributed by atoms with Crippen molar-refractivity contribution in [2.45, 2.75) is 44.4 Å². The zero-order valence-corrected chi connectivity index (χ0v) is 24.2. The van der Waals surface area contributed by atoms with Gasteiger partial charge in [0.15, 0.2) is 0 Å². The second kappa shape index (κ2) is 15.8. The van der Waals surface area contributed by atoms with Crippen molar-refractivity contribution in [1.82, 2.24) is 5.32 Å². The minimum absolute atomic E-state index is 0.102. The molecule has 1 saturated heterocycles. The van der Waals surface area contributed by atoms with Gasteiger partial charge >= 0.3 is 0 Å². The van der Waals surface area contributed by atoms with Gasteiger partial charge in [-0.1, -0.05) is 42.5 Å². The van der Waals surface area contributed by atoms with E-state index in [4.69, 9.17) is 18.9 Å². The molecule has 44 heavy (non-hydrogen) atoms. The fraction of sp³-hybridized carbons (Fsp3) is 0.314. The maximum absolute atomic E-state index is 14.3. The van der Waals surface area contributed by atoms with Crippen molar-refractivity contribution in [3.63, 3.8) is 0 Å². The summed E-state index contributed by atoms with van der Waals surface area (Å²) >= 11 is 0. The summed E-state index contributed by atoms with van der Waals surface area (Å²) in [6, 6.07) is 24.0. The van der Waals surface area contributed by atoms with E-state index in [0.717, 1.165) is 53.9 Å². The van der Waals surface area contributed by atoms with Crippen LogP contribution in [0.2, 0.25) is 0 Å². The summed E-state index contributed by atoms with van der Waals surface area (Å²) in [6.45, 7) is 2.16. The molecule has 1 heterocycles. The van der Waals surface area contributed by atoms with Crippen molar-refractivity contribution in [3.05, 3.63) is 137 Å². The number of hydrogen-bond donors (Lipinski definition) is 1. The number of hydrogen-bond acceptors (Lipinski definition) is 5. The highest BCUT2D eigenvalue weighted by atomic mass is 19.1. The summed E-state index contributed by atoms with van der Waals surface area (Å²) in [4.78, 5) is 0. The van der Waals surface area contributed by atoms with Crippen LogP contribution in [-0.2, 0) is 34.0 Å². The molecule has 4 aromatic carbocycles. The van der Waals surface area contributed by atoms with Gasteiger partial charge in [0.1, 0.15) is 29.0 Å². The molecule has 1 N–H and O–H groups in total. The Labute approximate surface area is 254 Å². The maximum atomic E-state index is 14.3. The molecule has 0 spiro atoms. The van der Waals surface area contributed by atoms with Crippen molar-refractivity contribution >= 4 is 0 Å². The molecule has 3 atom stereocenters. The molecular weight excluding hydrogens is 574 g/mol. The van der Waals surface area contributed by atoms with Crippen LogP contribution in [0.5, 0.6) is 5.75 Å². The topological polar surface area (TPSA) is 49.0 Å². The van der Waals surface area contributed by atoms with Crippen LogP contribution in [-0.4, -0.2) is 38.5 Å². The Morgan fingerprint density at radius 2 is 1.23 bits per heavy atom. The molecule has 1 fully saturated rings. The standard InChI is InChI=1S/C35H35F4NO4/c36-28-9-13-31(38)26(17-28)22-43-33-19-40-20-34(44-23-27-18-29(37)10-14-32(27)39)35(33)25-7-11-30(12-8-25)42-16-4-15-41-21-24-5-2-1-3-6-24/h1-3,5-14,17-18,33-35,40H,4,15-16,19-23H2/t33-,34+,35?. The second-order valence-electron chi connectivity index (χ2n) is 10.7. The summed E-state index contributed by atoms with van der Waals surface area (Å²) in [5.74, 6) is -1.89. The van der Waals surface area contributed by atoms with Crippen molar-refractivity contribution < 1.29 is 36.5 Å². The van der Waals surface area contributed by atoms with Crippen molar-refractivity contribution in [2.75, 3.05) is 26.3 Å². The van der Waals surface area contributed by atoms with Gasteiger partial charge in [0.05, 0.1) is 45.2 Å². The van der Waals surface area contributed by atoms with Gasteiger partial charge < -0.3 is 24.3 Å². The lowest BCUT2D eigenvalue weighted by molar-refractivity contribution is -0.0659. The molecular formula is C35H35F4NO4. The highest BCUT2D eigenvalue weighted by molar-refractivity contribution is 5.32. The van der Waals surface area contributed by atoms with E-state index in [1.165, 1.54) is 0 Å². The lowest BCUT2D eigenvalue weighted by atomic mass is 9.85. The Hall–Kier alpha value is -3.76. The smallest absolute Gasteiger partial charge is 0.128 e. The molecule has 1 unspecified atom stereocenters. The van der Waals surface area contributed by atoms with Crippen LogP contribution < -0.4 is 10.1 Å². The summed E-state index contributed by atoms with van der Waals surface area (Å²) in [5, 5.41) is 3.25. The van der Waals surface area contributed by atoms with Crippen LogP contribution in [0.15, 0.2) is 91.0 Å².